The summed E-state index contributed by atoms with van der Waals surface area (Å²) >= 11 is 0. The average molecular weight is 379 g/mol. The first-order valence-corrected chi connectivity index (χ1v) is 8.81. The first kappa shape index (κ1) is 17.8. The third kappa shape index (κ3) is 3.73. The predicted molar refractivity (Wildman–Crippen MR) is 96.6 cm³/mol. The van der Waals surface area contributed by atoms with E-state index < -0.39 is 12.0 Å². The summed E-state index contributed by atoms with van der Waals surface area (Å²) in [7, 11) is 0. The molecule has 1 fully saturated rings. The second kappa shape index (κ2) is 7.18. The first-order chi connectivity index (χ1) is 13.5. The number of rotatable bonds is 6. The van der Waals surface area contributed by atoms with E-state index in [-0.39, 0.29) is 11.6 Å². The maximum atomic E-state index is 12.5. The van der Waals surface area contributed by atoms with Crippen molar-refractivity contribution in [2.24, 2.45) is 0 Å². The van der Waals surface area contributed by atoms with Crippen LogP contribution in [0.4, 0.5) is 0 Å². The van der Waals surface area contributed by atoms with Gasteiger partial charge in [-0.15, -0.1) is 0 Å². The minimum Gasteiger partial charge on any atom is -0.476 e. The number of carboxylic acids is 1. The topological polar surface area (TPSA) is 131 Å². The Labute approximate surface area is 159 Å². The second-order valence-corrected chi connectivity index (χ2v) is 6.63. The van der Waals surface area contributed by atoms with Crippen molar-refractivity contribution in [3.05, 3.63) is 59.6 Å². The lowest BCUT2D eigenvalue weighted by molar-refractivity contribution is 0.0689. The predicted octanol–water partition coefficient (Wildman–Crippen LogP) is 2.59. The molecule has 1 aliphatic rings. The van der Waals surface area contributed by atoms with Gasteiger partial charge in [0.05, 0.1) is 18.1 Å². The Morgan fingerprint density at radius 2 is 1.93 bits per heavy atom. The molecule has 0 aliphatic heterocycles. The number of nitrogens with zero attached hydrogens (tertiary/aromatic N) is 4. The highest BCUT2D eigenvalue weighted by Gasteiger charge is 2.29. The third-order valence-corrected chi connectivity index (χ3v) is 4.41. The number of carbonyl (C=O) groups is 2. The summed E-state index contributed by atoms with van der Waals surface area (Å²) in [5, 5.41) is 15.8. The van der Waals surface area contributed by atoms with Gasteiger partial charge in [-0.25, -0.2) is 9.78 Å². The fourth-order valence-electron chi connectivity index (χ4n) is 2.67. The first-order valence-electron chi connectivity index (χ1n) is 8.81. The number of hydrogen-bond donors (Lipinski definition) is 2. The molecule has 1 amide bonds. The number of carbonyl (C=O) groups excluding carboxylic acids is 1. The summed E-state index contributed by atoms with van der Waals surface area (Å²) in [5.41, 5.74) is 1.38. The molecule has 1 aliphatic carbocycles. The van der Waals surface area contributed by atoms with Crippen molar-refractivity contribution in [1.82, 2.24) is 25.4 Å². The zero-order chi connectivity index (χ0) is 19.7. The fourth-order valence-corrected chi connectivity index (χ4v) is 2.67. The van der Waals surface area contributed by atoms with Gasteiger partial charge in [-0.3, -0.25) is 9.78 Å². The van der Waals surface area contributed by atoms with E-state index in [9.17, 15) is 9.59 Å². The van der Waals surface area contributed by atoms with E-state index in [1.807, 2.05) is 0 Å². The minimum absolute atomic E-state index is 0.140. The van der Waals surface area contributed by atoms with Crippen molar-refractivity contribution in [2.75, 3.05) is 0 Å². The molecule has 0 radical (unpaired) electrons. The number of benzene rings is 1. The van der Waals surface area contributed by atoms with Crippen LogP contribution in [0.2, 0.25) is 0 Å². The number of nitrogens with one attached hydrogen (secondary N) is 1. The van der Waals surface area contributed by atoms with E-state index in [1.165, 1.54) is 12.4 Å². The lowest BCUT2D eigenvalue weighted by Crippen LogP contribution is -2.26. The normalized spacial score (nSPS) is 14.5. The minimum atomic E-state index is -1.15. The van der Waals surface area contributed by atoms with E-state index in [0.717, 1.165) is 12.8 Å². The van der Waals surface area contributed by atoms with Crippen LogP contribution < -0.4 is 5.32 Å². The molecule has 0 spiro atoms. The maximum Gasteiger partial charge on any atom is 0.356 e. The summed E-state index contributed by atoms with van der Waals surface area (Å²) in [5.74, 6) is 0.0363. The molecule has 0 saturated heterocycles. The average Bonchev–Trinajstić information content (AvgIpc) is 3.44. The van der Waals surface area contributed by atoms with Crippen LogP contribution >= 0.6 is 0 Å². The van der Waals surface area contributed by atoms with Crippen LogP contribution in [0.15, 0.2) is 41.2 Å². The highest BCUT2D eigenvalue weighted by molar-refractivity contribution is 5.94. The number of amides is 1. The molecule has 1 atom stereocenters. The van der Waals surface area contributed by atoms with Gasteiger partial charge in [-0.1, -0.05) is 17.3 Å². The molecule has 142 valence electrons. The summed E-state index contributed by atoms with van der Waals surface area (Å²) in [6.07, 6.45) is 4.80. The van der Waals surface area contributed by atoms with Gasteiger partial charge in [0.2, 0.25) is 5.89 Å². The van der Waals surface area contributed by atoms with Crippen LogP contribution in [-0.4, -0.2) is 37.1 Å². The summed E-state index contributed by atoms with van der Waals surface area (Å²) in [6, 6.07) is 6.23. The molecule has 1 aromatic carbocycles. The molecule has 2 N–H and O–H groups in total. The Hall–Kier alpha value is -3.62. The SMILES string of the molecule is CC(NC(=O)c1ccc(-c2cncc(C(=O)O)n2)cc1)c1nc(C2CC2)no1. The number of aromatic nitrogens is 4. The van der Waals surface area contributed by atoms with Crippen LogP contribution in [0.3, 0.4) is 0 Å². The molecule has 1 saturated carbocycles. The van der Waals surface area contributed by atoms with Crippen LogP contribution in [-0.2, 0) is 0 Å². The largest absolute Gasteiger partial charge is 0.476 e. The Bertz CT molecular complexity index is 1030. The third-order valence-electron chi connectivity index (χ3n) is 4.41. The van der Waals surface area contributed by atoms with Crippen molar-refractivity contribution in [3.63, 3.8) is 0 Å². The monoisotopic (exact) mass is 379 g/mol. The van der Waals surface area contributed by atoms with E-state index in [1.54, 1.807) is 31.2 Å². The van der Waals surface area contributed by atoms with Crippen LogP contribution in [0.1, 0.15) is 64.3 Å². The molecule has 9 heteroatoms. The molecule has 4 rings (SSSR count). The summed E-state index contributed by atoms with van der Waals surface area (Å²) in [6.45, 7) is 1.78. The second-order valence-electron chi connectivity index (χ2n) is 6.63. The van der Waals surface area contributed by atoms with Gasteiger partial charge in [0.15, 0.2) is 11.5 Å². The van der Waals surface area contributed by atoms with Crippen molar-refractivity contribution in [2.45, 2.75) is 31.7 Å². The van der Waals surface area contributed by atoms with Crippen molar-refractivity contribution in [1.29, 1.82) is 0 Å². The van der Waals surface area contributed by atoms with Gasteiger partial charge in [-0.05, 0) is 31.9 Å². The molecule has 0 bridgehead atoms. The molecular formula is C19H17N5O4. The van der Waals surface area contributed by atoms with E-state index in [4.69, 9.17) is 9.63 Å². The van der Waals surface area contributed by atoms with Crippen LogP contribution in [0.25, 0.3) is 11.3 Å². The van der Waals surface area contributed by atoms with Gasteiger partial charge >= 0.3 is 5.97 Å². The van der Waals surface area contributed by atoms with Crippen molar-refractivity contribution >= 4 is 11.9 Å². The molecule has 1 unspecified atom stereocenters. The lowest BCUT2D eigenvalue weighted by Gasteiger charge is -2.10. The molecule has 2 aromatic heterocycles. The van der Waals surface area contributed by atoms with Crippen LogP contribution in [0.5, 0.6) is 0 Å². The van der Waals surface area contributed by atoms with Gasteiger partial charge in [0, 0.05) is 17.0 Å². The number of carboxylic acid groups (broad SMARTS) is 1. The summed E-state index contributed by atoms with van der Waals surface area (Å²) in [4.78, 5) is 35.7. The molecule has 2 heterocycles. The lowest BCUT2D eigenvalue weighted by atomic mass is 10.1. The van der Waals surface area contributed by atoms with Gasteiger partial charge in [0.25, 0.3) is 5.91 Å². The summed E-state index contributed by atoms with van der Waals surface area (Å²) < 4.78 is 5.23. The molecule has 9 nitrogen and oxygen atoms in total. The zero-order valence-electron chi connectivity index (χ0n) is 15.0. The van der Waals surface area contributed by atoms with Crippen LogP contribution in [0, 0.1) is 0 Å². The molecule has 28 heavy (non-hydrogen) atoms. The Morgan fingerprint density at radius 1 is 1.18 bits per heavy atom. The highest BCUT2D eigenvalue weighted by atomic mass is 16.5. The Morgan fingerprint density at radius 3 is 2.61 bits per heavy atom. The standard InChI is InChI=1S/C19H17N5O4/c1-10(18-23-16(24-28-18)12-4-5-12)21-17(25)13-6-2-11(3-7-13)14-8-20-9-15(22-14)19(26)27/h2-3,6-10,12H,4-5H2,1H3,(H,21,25)(H,26,27). The highest BCUT2D eigenvalue weighted by Crippen LogP contribution is 2.38. The Balaban J connectivity index is 1.44. The quantitative estimate of drug-likeness (QED) is 0.668. The Kier molecular flexibility index (Phi) is 4.56. The zero-order valence-corrected chi connectivity index (χ0v) is 15.0. The van der Waals surface area contributed by atoms with Crippen molar-refractivity contribution in [3.8, 4) is 11.3 Å². The maximum absolute atomic E-state index is 12.5. The number of aromatic carboxylic acids is 1. The molecular weight excluding hydrogens is 362 g/mol. The number of hydrogen-bond acceptors (Lipinski definition) is 7. The van der Waals surface area contributed by atoms with E-state index in [0.29, 0.717) is 34.5 Å². The van der Waals surface area contributed by atoms with Gasteiger partial charge < -0.3 is 14.9 Å². The van der Waals surface area contributed by atoms with Gasteiger partial charge in [-0.2, -0.15) is 4.98 Å². The smallest absolute Gasteiger partial charge is 0.356 e. The fraction of sp³-hybridized carbons (Fsp3) is 0.263. The van der Waals surface area contributed by atoms with Gasteiger partial charge in [0.1, 0.15) is 6.04 Å². The van der Waals surface area contributed by atoms with E-state index in [2.05, 4.69) is 25.4 Å². The van der Waals surface area contributed by atoms with E-state index >= 15 is 0 Å². The van der Waals surface area contributed by atoms with Crippen molar-refractivity contribution < 1.29 is 19.2 Å². The molecule has 3 aromatic rings.